The Balaban J connectivity index is 1.80. The molecule has 1 amide bonds. The minimum atomic E-state index is -0.206. The second-order valence-electron chi connectivity index (χ2n) is 3.75. The maximum atomic E-state index is 11.6. The van der Waals surface area contributed by atoms with E-state index in [1.807, 2.05) is 0 Å². The Labute approximate surface area is 123 Å². The lowest BCUT2D eigenvalue weighted by Crippen LogP contribution is -2.28. The summed E-state index contributed by atoms with van der Waals surface area (Å²) in [5, 5.41) is 9.78. The van der Waals surface area contributed by atoms with Crippen molar-refractivity contribution >= 4 is 33.4 Å². The summed E-state index contributed by atoms with van der Waals surface area (Å²) < 4.78 is 6.09. The van der Waals surface area contributed by atoms with Crippen molar-refractivity contribution in [2.75, 3.05) is 6.61 Å². The van der Waals surface area contributed by atoms with Gasteiger partial charge in [-0.2, -0.15) is 5.10 Å². The van der Waals surface area contributed by atoms with Crippen LogP contribution in [0.25, 0.3) is 0 Å². The van der Waals surface area contributed by atoms with Gasteiger partial charge in [-0.05, 0) is 34.1 Å². The Hall–Kier alpha value is -1.53. The van der Waals surface area contributed by atoms with Gasteiger partial charge >= 0.3 is 0 Å². The minimum Gasteiger partial charge on any atom is -0.483 e. The molecule has 2 aromatic rings. The largest absolute Gasteiger partial charge is 0.483 e. The molecule has 19 heavy (non-hydrogen) atoms. The molecule has 1 aromatic carbocycles. The first kappa shape index (κ1) is 13.9. The molecule has 0 saturated heterocycles. The average Bonchev–Trinajstić information content (AvgIpc) is 2.88. The smallest absolute Gasteiger partial charge is 0.258 e. The molecule has 1 aromatic heterocycles. The summed E-state index contributed by atoms with van der Waals surface area (Å²) in [4.78, 5) is 11.6. The van der Waals surface area contributed by atoms with E-state index < -0.39 is 0 Å². The third-order valence-corrected chi connectivity index (χ3v) is 3.15. The van der Waals surface area contributed by atoms with Crippen LogP contribution in [0.4, 0.5) is 0 Å². The molecule has 5 nitrogen and oxygen atoms in total. The SMILES string of the molecule is O=C(COc1ccc(Cl)cc1Br)NCc1cn[nH]c1. The molecule has 0 unspecified atom stereocenters. The monoisotopic (exact) mass is 343 g/mol. The Bertz CT molecular complexity index is 560. The van der Waals surface area contributed by atoms with E-state index in [2.05, 4.69) is 31.4 Å². The number of hydrogen-bond donors (Lipinski definition) is 2. The summed E-state index contributed by atoms with van der Waals surface area (Å²) in [6, 6.07) is 5.11. The lowest BCUT2D eigenvalue weighted by molar-refractivity contribution is -0.123. The van der Waals surface area contributed by atoms with Crippen molar-refractivity contribution in [2.45, 2.75) is 6.54 Å². The molecule has 7 heteroatoms. The first-order valence-corrected chi connectivity index (χ1v) is 6.64. The fourth-order valence-electron chi connectivity index (χ4n) is 1.36. The van der Waals surface area contributed by atoms with Gasteiger partial charge in [-0.15, -0.1) is 0 Å². The number of ether oxygens (including phenoxy) is 1. The molecule has 0 aliphatic carbocycles. The maximum absolute atomic E-state index is 11.6. The van der Waals surface area contributed by atoms with Gasteiger partial charge in [-0.3, -0.25) is 9.89 Å². The van der Waals surface area contributed by atoms with Crippen LogP contribution in [0.1, 0.15) is 5.56 Å². The lowest BCUT2D eigenvalue weighted by Gasteiger charge is -2.08. The number of aromatic nitrogens is 2. The quantitative estimate of drug-likeness (QED) is 0.876. The standard InChI is InChI=1S/C12H11BrClN3O2/c13-10-3-9(14)1-2-11(10)19-7-12(18)15-4-8-5-16-17-6-8/h1-3,5-6H,4,7H2,(H,15,18)(H,16,17). The second kappa shape index (κ2) is 6.58. The molecule has 100 valence electrons. The number of amides is 1. The number of hydrogen-bond acceptors (Lipinski definition) is 3. The van der Waals surface area contributed by atoms with Crippen LogP contribution in [0.3, 0.4) is 0 Å². The number of H-pyrrole nitrogens is 1. The van der Waals surface area contributed by atoms with Crippen LogP contribution in [0.15, 0.2) is 35.1 Å². The molecule has 0 fully saturated rings. The predicted octanol–water partition coefficient (Wildman–Crippen LogP) is 2.52. The Morgan fingerprint density at radius 1 is 1.53 bits per heavy atom. The number of rotatable bonds is 5. The molecule has 1 heterocycles. The van der Waals surface area contributed by atoms with Gasteiger partial charge in [0, 0.05) is 23.3 Å². The molecule has 0 saturated carbocycles. The van der Waals surface area contributed by atoms with Gasteiger partial charge in [0.25, 0.3) is 5.91 Å². The van der Waals surface area contributed by atoms with Crippen LogP contribution in [-0.4, -0.2) is 22.7 Å². The Morgan fingerprint density at radius 3 is 3.05 bits per heavy atom. The fraction of sp³-hybridized carbons (Fsp3) is 0.167. The van der Waals surface area contributed by atoms with Crippen molar-refractivity contribution in [3.8, 4) is 5.75 Å². The zero-order valence-corrected chi connectivity index (χ0v) is 12.2. The molecular formula is C12H11BrClN3O2. The van der Waals surface area contributed by atoms with Gasteiger partial charge < -0.3 is 10.1 Å². The molecule has 0 spiro atoms. The summed E-state index contributed by atoms with van der Waals surface area (Å²) in [6.07, 6.45) is 3.37. The van der Waals surface area contributed by atoms with E-state index in [1.165, 1.54) is 0 Å². The molecule has 2 N–H and O–H groups in total. The number of halogens is 2. The van der Waals surface area contributed by atoms with E-state index in [1.54, 1.807) is 30.6 Å². The van der Waals surface area contributed by atoms with Crippen LogP contribution in [0, 0.1) is 0 Å². The van der Waals surface area contributed by atoms with E-state index in [0.29, 0.717) is 21.8 Å². The van der Waals surface area contributed by atoms with Crippen molar-refractivity contribution in [1.29, 1.82) is 0 Å². The number of carbonyl (C=O) groups excluding carboxylic acids is 1. The normalized spacial score (nSPS) is 10.2. The molecule has 0 aliphatic heterocycles. The first-order valence-electron chi connectivity index (χ1n) is 5.47. The van der Waals surface area contributed by atoms with E-state index >= 15 is 0 Å². The van der Waals surface area contributed by atoms with Gasteiger partial charge in [-0.1, -0.05) is 11.6 Å². The number of carbonyl (C=O) groups is 1. The van der Waals surface area contributed by atoms with Crippen LogP contribution in [0.2, 0.25) is 5.02 Å². The molecular weight excluding hydrogens is 334 g/mol. The third-order valence-electron chi connectivity index (χ3n) is 2.30. The summed E-state index contributed by atoms with van der Waals surface area (Å²) in [5.74, 6) is 0.367. The van der Waals surface area contributed by atoms with E-state index in [-0.39, 0.29) is 12.5 Å². The summed E-state index contributed by atoms with van der Waals surface area (Å²) in [5.41, 5.74) is 0.904. The summed E-state index contributed by atoms with van der Waals surface area (Å²) in [6.45, 7) is 0.360. The maximum Gasteiger partial charge on any atom is 0.258 e. The van der Waals surface area contributed by atoms with Gasteiger partial charge in [0.15, 0.2) is 6.61 Å². The van der Waals surface area contributed by atoms with Crippen molar-refractivity contribution in [3.05, 3.63) is 45.7 Å². The highest BCUT2D eigenvalue weighted by atomic mass is 79.9. The van der Waals surface area contributed by atoms with Gasteiger partial charge in [0.05, 0.1) is 10.7 Å². The summed E-state index contributed by atoms with van der Waals surface area (Å²) >= 11 is 9.13. The zero-order valence-electron chi connectivity index (χ0n) is 9.82. The minimum absolute atomic E-state index is 0.0575. The van der Waals surface area contributed by atoms with Crippen LogP contribution in [-0.2, 0) is 11.3 Å². The van der Waals surface area contributed by atoms with Gasteiger partial charge in [-0.25, -0.2) is 0 Å². The molecule has 0 bridgehead atoms. The predicted molar refractivity (Wildman–Crippen MR) is 75.1 cm³/mol. The molecule has 0 aliphatic rings. The van der Waals surface area contributed by atoms with Crippen LogP contribution < -0.4 is 10.1 Å². The van der Waals surface area contributed by atoms with Crippen molar-refractivity contribution in [1.82, 2.24) is 15.5 Å². The number of nitrogens with one attached hydrogen (secondary N) is 2. The second-order valence-corrected chi connectivity index (χ2v) is 5.04. The fourth-order valence-corrected chi connectivity index (χ4v) is 2.16. The third kappa shape index (κ3) is 4.25. The topological polar surface area (TPSA) is 67.0 Å². The van der Waals surface area contributed by atoms with Crippen LogP contribution in [0.5, 0.6) is 5.75 Å². The summed E-state index contributed by atoms with van der Waals surface area (Å²) in [7, 11) is 0. The van der Waals surface area contributed by atoms with E-state index in [4.69, 9.17) is 16.3 Å². The van der Waals surface area contributed by atoms with Crippen molar-refractivity contribution in [3.63, 3.8) is 0 Å². The van der Waals surface area contributed by atoms with Crippen molar-refractivity contribution < 1.29 is 9.53 Å². The Morgan fingerprint density at radius 2 is 2.37 bits per heavy atom. The Kier molecular flexibility index (Phi) is 4.81. The highest BCUT2D eigenvalue weighted by molar-refractivity contribution is 9.10. The highest BCUT2D eigenvalue weighted by Gasteiger charge is 2.06. The lowest BCUT2D eigenvalue weighted by atomic mass is 10.3. The number of benzene rings is 1. The van der Waals surface area contributed by atoms with Crippen LogP contribution >= 0.6 is 27.5 Å². The van der Waals surface area contributed by atoms with E-state index in [9.17, 15) is 4.79 Å². The number of nitrogens with zero attached hydrogens (tertiary/aromatic N) is 1. The zero-order chi connectivity index (χ0) is 13.7. The molecule has 0 radical (unpaired) electrons. The van der Waals surface area contributed by atoms with Gasteiger partial charge in [0.2, 0.25) is 0 Å². The highest BCUT2D eigenvalue weighted by Crippen LogP contribution is 2.27. The average molecular weight is 345 g/mol. The van der Waals surface area contributed by atoms with E-state index in [0.717, 1.165) is 5.56 Å². The van der Waals surface area contributed by atoms with Crippen molar-refractivity contribution in [2.24, 2.45) is 0 Å². The number of aromatic amines is 1. The molecule has 2 rings (SSSR count). The molecule has 0 atom stereocenters. The van der Waals surface area contributed by atoms with Gasteiger partial charge in [0.1, 0.15) is 5.75 Å². The first-order chi connectivity index (χ1) is 9.15.